The van der Waals surface area contributed by atoms with Crippen molar-refractivity contribution in [2.24, 2.45) is 0 Å². The summed E-state index contributed by atoms with van der Waals surface area (Å²) in [5, 5.41) is 9.11. The van der Waals surface area contributed by atoms with E-state index >= 15 is 0 Å². The summed E-state index contributed by atoms with van der Waals surface area (Å²) in [5.74, 6) is 1.08. The van der Waals surface area contributed by atoms with Gasteiger partial charge in [-0.15, -0.1) is 0 Å². The molecule has 0 amide bonds. The second-order valence-electron chi connectivity index (χ2n) is 7.25. The Kier molecular flexibility index (Phi) is 4.96. The van der Waals surface area contributed by atoms with Gasteiger partial charge in [0.25, 0.3) is 5.89 Å². The normalized spacial score (nSPS) is 11.6. The molecule has 0 fully saturated rings. The molecule has 0 saturated carbocycles. The molecule has 5 nitrogen and oxygen atoms in total. The van der Waals surface area contributed by atoms with Gasteiger partial charge in [-0.3, -0.25) is 0 Å². The maximum atomic E-state index is 6.46. The Balaban J connectivity index is 1.74. The molecule has 1 N–H and O–H groups in total. The summed E-state index contributed by atoms with van der Waals surface area (Å²) in [4.78, 5) is 4.64. The van der Waals surface area contributed by atoms with E-state index in [1.54, 1.807) is 0 Å². The number of rotatable bonds is 5. The van der Waals surface area contributed by atoms with Gasteiger partial charge in [0.2, 0.25) is 5.82 Å². The van der Waals surface area contributed by atoms with Crippen LogP contribution in [0.3, 0.4) is 0 Å². The molecule has 0 aliphatic rings. The molecule has 6 heteroatoms. The number of hydrogen-bond acceptors (Lipinski definition) is 4. The standard InChI is InChI=1S/C22H23ClN4O/c1-13(2)27-12-19(23)18-10-15(8-9-20(18)27)22-25-21(26-28-22)17-7-5-6-16(11-24-4)14(17)3/h5-10,12-13,24H,11H2,1-4H3. The van der Waals surface area contributed by atoms with Gasteiger partial charge >= 0.3 is 0 Å². The quantitative estimate of drug-likeness (QED) is 0.477. The highest BCUT2D eigenvalue weighted by Gasteiger charge is 2.16. The van der Waals surface area contributed by atoms with Gasteiger partial charge in [-0.05, 0) is 57.1 Å². The molecule has 4 aromatic rings. The van der Waals surface area contributed by atoms with Crippen LogP contribution in [0.2, 0.25) is 5.02 Å². The van der Waals surface area contributed by atoms with Crippen LogP contribution >= 0.6 is 11.6 Å². The van der Waals surface area contributed by atoms with Crippen LogP contribution in [-0.2, 0) is 6.54 Å². The van der Waals surface area contributed by atoms with Gasteiger partial charge in [0.15, 0.2) is 0 Å². The lowest BCUT2D eigenvalue weighted by Gasteiger charge is -2.08. The maximum Gasteiger partial charge on any atom is 0.258 e. The first-order valence-electron chi connectivity index (χ1n) is 9.37. The number of benzene rings is 2. The topological polar surface area (TPSA) is 55.9 Å². The van der Waals surface area contributed by atoms with Crippen LogP contribution in [-0.4, -0.2) is 21.8 Å². The van der Waals surface area contributed by atoms with E-state index in [0.717, 1.165) is 39.2 Å². The lowest BCUT2D eigenvalue weighted by Crippen LogP contribution is -2.07. The van der Waals surface area contributed by atoms with E-state index in [9.17, 15) is 0 Å². The third-order valence-corrected chi connectivity index (χ3v) is 5.37. The molecule has 0 aliphatic heterocycles. The van der Waals surface area contributed by atoms with Crippen molar-refractivity contribution in [2.75, 3.05) is 7.05 Å². The van der Waals surface area contributed by atoms with Gasteiger partial charge in [-0.2, -0.15) is 4.98 Å². The number of nitrogens with one attached hydrogen (secondary N) is 1. The summed E-state index contributed by atoms with van der Waals surface area (Å²) in [6, 6.07) is 12.5. The molecule has 0 spiro atoms. The third-order valence-electron chi connectivity index (χ3n) is 5.07. The van der Waals surface area contributed by atoms with Crippen LogP contribution in [0.1, 0.15) is 31.0 Å². The van der Waals surface area contributed by atoms with E-state index < -0.39 is 0 Å². The molecular formula is C22H23ClN4O. The van der Waals surface area contributed by atoms with Crippen molar-refractivity contribution in [3.8, 4) is 22.8 Å². The van der Waals surface area contributed by atoms with Gasteiger partial charge in [-0.1, -0.05) is 35.0 Å². The van der Waals surface area contributed by atoms with E-state index in [-0.39, 0.29) is 0 Å². The Morgan fingerprint density at radius 3 is 2.79 bits per heavy atom. The number of fused-ring (bicyclic) bond motifs is 1. The van der Waals surface area contributed by atoms with Crippen LogP contribution in [0.25, 0.3) is 33.7 Å². The average molecular weight is 395 g/mol. The Morgan fingerprint density at radius 2 is 2.04 bits per heavy atom. The molecule has 2 heterocycles. The fraction of sp³-hybridized carbons (Fsp3) is 0.273. The van der Waals surface area contributed by atoms with Crippen molar-refractivity contribution in [3.05, 3.63) is 58.7 Å². The molecule has 144 valence electrons. The van der Waals surface area contributed by atoms with E-state index in [4.69, 9.17) is 16.1 Å². The highest BCUT2D eigenvalue weighted by atomic mass is 35.5. The van der Waals surface area contributed by atoms with Crippen molar-refractivity contribution < 1.29 is 4.52 Å². The van der Waals surface area contributed by atoms with E-state index in [1.807, 2.05) is 37.5 Å². The lowest BCUT2D eigenvalue weighted by molar-refractivity contribution is 0.432. The fourth-order valence-corrected chi connectivity index (χ4v) is 3.79. The minimum Gasteiger partial charge on any atom is -0.343 e. The molecular weight excluding hydrogens is 372 g/mol. The zero-order valence-electron chi connectivity index (χ0n) is 16.5. The maximum absolute atomic E-state index is 6.46. The highest BCUT2D eigenvalue weighted by Crippen LogP contribution is 2.33. The SMILES string of the molecule is CNCc1cccc(-c2noc(-c3ccc4c(c3)c(Cl)cn4C(C)C)n2)c1C. The second-order valence-corrected chi connectivity index (χ2v) is 7.66. The first-order chi connectivity index (χ1) is 13.5. The fourth-order valence-electron chi connectivity index (χ4n) is 3.53. The molecule has 0 unspecified atom stereocenters. The average Bonchev–Trinajstić information content (AvgIpc) is 3.29. The molecule has 28 heavy (non-hydrogen) atoms. The van der Waals surface area contributed by atoms with Crippen molar-refractivity contribution in [2.45, 2.75) is 33.4 Å². The highest BCUT2D eigenvalue weighted by molar-refractivity contribution is 6.35. The molecule has 0 aliphatic carbocycles. The van der Waals surface area contributed by atoms with Crippen molar-refractivity contribution in [3.63, 3.8) is 0 Å². The third kappa shape index (κ3) is 3.21. The van der Waals surface area contributed by atoms with Gasteiger partial charge in [-0.25, -0.2) is 0 Å². The summed E-state index contributed by atoms with van der Waals surface area (Å²) >= 11 is 6.46. The van der Waals surface area contributed by atoms with Crippen LogP contribution in [0, 0.1) is 6.92 Å². The lowest BCUT2D eigenvalue weighted by atomic mass is 10.0. The summed E-state index contributed by atoms with van der Waals surface area (Å²) in [5.41, 5.74) is 5.30. The summed E-state index contributed by atoms with van der Waals surface area (Å²) in [6.07, 6.45) is 1.97. The molecule has 2 aromatic carbocycles. The first-order valence-corrected chi connectivity index (χ1v) is 9.75. The number of nitrogens with zero attached hydrogens (tertiary/aromatic N) is 3. The van der Waals surface area contributed by atoms with Crippen molar-refractivity contribution in [1.29, 1.82) is 0 Å². The number of hydrogen-bond donors (Lipinski definition) is 1. The molecule has 0 bridgehead atoms. The summed E-state index contributed by atoms with van der Waals surface area (Å²) < 4.78 is 7.74. The second kappa shape index (κ2) is 7.41. The van der Waals surface area contributed by atoms with Crippen LogP contribution < -0.4 is 5.32 Å². The van der Waals surface area contributed by atoms with Crippen LogP contribution in [0.4, 0.5) is 0 Å². The predicted molar refractivity (Wildman–Crippen MR) is 114 cm³/mol. The largest absolute Gasteiger partial charge is 0.343 e. The molecule has 0 atom stereocenters. The molecule has 0 saturated heterocycles. The Labute approximate surface area is 169 Å². The monoisotopic (exact) mass is 394 g/mol. The van der Waals surface area contributed by atoms with Gasteiger partial charge < -0.3 is 14.4 Å². The Hall–Kier alpha value is -2.63. The summed E-state index contributed by atoms with van der Waals surface area (Å²) in [7, 11) is 1.94. The van der Waals surface area contributed by atoms with Crippen LogP contribution in [0.15, 0.2) is 47.1 Å². The summed E-state index contributed by atoms with van der Waals surface area (Å²) in [6.45, 7) is 7.15. The Morgan fingerprint density at radius 1 is 1.21 bits per heavy atom. The van der Waals surface area contributed by atoms with E-state index in [2.05, 4.69) is 52.9 Å². The molecule has 0 radical (unpaired) electrons. The van der Waals surface area contributed by atoms with E-state index in [0.29, 0.717) is 17.8 Å². The number of halogens is 1. The Bertz CT molecular complexity index is 1140. The molecule has 4 rings (SSSR count). The smallest absolute Gasteiger partial charge is 0.258 e. The first kappa shape index (κ1) is 18.7. The van der Waals surface area contributed by atoms with Crippen molar-refractivity contribution >= 4 is 22.5 Å². The minimum atomic E-state index is 0.337. The number of aromatic nitrogens is 3. The zero-order chi connectivity index (χ0) is 19.8. The molecule has 2 aromatic heterocycles. The van der Waals surface area contributed by atoms with Gasteiger partial charge in [0.05, 0.1) is 5.02 Å². The van der Waals surface area contributed by atoms with Crippen LogP contribution in [0.5, 0.6) is 0 Å². The predicted octanol–water partition coefficient (Wildman–Crippen LogP) is 5.62. The van der Waals surface area contributed by atoms with Gasteiger partial charge in [0, 0.05) is 40.8 Å². The van der Waals surface area contributed by atoms with Crippen molar-refractivity contribution in [1.82, 2.24) is 20.0 Å². The minimum absolute atomic E-state index is 0.337. The van der Waals surface area contributed by atoms with Gasteiger partial charge in [0.1, 0.15) is 0 Å². The van der Waals surface area contributed by atoms with E-state index in [1.165, 1.54) is 5.56 Å². The zero-order valence-corrected chi connectivity index (χ0v) is 17.2.